The summed E-state index contributed by atoms with van der Waals surface area (Å²) in [6, 6.07) is 5.23. The molecule has 0 bridgehead atoms. The van der Waals surface area contributed by atoms with Crippen molar-refractivity contribution in [2.45, 2.75) is 6.04 Å². The van der Waals surface area contributed by atoms with E-state index in [9.17, 15) is 4.39 Å². The molecule has 2 nitrogen and oxygen atoms in total. The smallest absolute Gasteiger partial charge is 0.137 e. The Labute approximate surface area is 110 Å². The van der Waals surface area contributed by atoms with E-state index in [1.165, 1.54) is 6.07 Å². The highest BCUT2D eigenvalue weighted by Crippen LogP contribution is 2.30. The Kier molecular flexibility index (Phi) is 4.31. The van der Waals surface area contributed by atoms with Crippen LogP contribution in [-0.2, 0) is 0 Å². The minimum atomic E-state index is -0.218. The van der Waals surface area contributed by atoms with E-state index in [0.717, 1.165) is 31.7 Å². The zero-order valence-electron chi connectivity index (χ0n) is 9.63. The van der Waals surface area contributed by atoms with Gasteiger partial charge in [0.15, 0.2) is 0 Å². The van der Waals surface area contributed by atoms with E-state index < -0.39 is 0 Å². The minimum absolute atomic E-state index is 0.0715. The van der Waals surface area contributed by atoms with E-state index in [-0.39, 0.29) is 11.9 Å². The van der Waals surface area contributed by atoms with Crippen molar-refractivity contribution >= 4 is 15.9 Å². The van der Waals surface area contributed by atoms with E-state index in [2.05, 4.69) is 32.7 Å². The molecule has 4 heteroatoms. The number of rotatable bonds is 3. The first-order valence-electron chi connectivity index (χ1n) is 5.75. The maximum Gasteiger partial charge on any atom is 0.137 e. The van der Waals surface area contributed by atoms with Crippen molar-refractivity contribution in [2.75, 3.05) is 26.2 Å². The lowest BCUT2D eigenvalue weighted by molar-refractivity contribution is 0.203. The molecule has 0 aromatic heterocycles. The maximum atomic E-state index is 13.5. The van der Waals surface area contributed by atoms with Gasteiger partial charge in [-0.25, -0.2) is 4.39 Å². The molecule has 0 spiro atoms. The van der Waals surface area contributed by atoms with Crippen LogP contribution in [0.2, 0.25) is 0 Å². The van der Waals surface area contributed by atoms with Crippen LogP contribution in [0.1, 0.15) is 11.6 Å². The molecule has 92 valence electrons. The van der Waals surface area contributed by atoms with Gasteiger partial charge >= 0.3 is 0 Å². The molecule has 1 atom stereocenters. The fourth-order valence-corrected chi connectivity index (χ4v) is 2.68. The average molecular weight is 299 g/mol. The van der Waals surface area contributed by atoms with E-state index >= 15 is 0 Å². The van der Waals surface area contributed by atoms with Gasteiger partial charge in [0.05, 0.1) is 10.5 Å². The number of nitrogens with zero attached hydrogens (tertiary/aromatic N) is 1. The van der Waals surface area contributed by atoms with Gasteiger partial charge in [-0.2, -0.15) is 0 Å². The van der Waals surface area contributed by atoms with Crippen LogP contribution in [0.5, 0.6) is 0 Å². The topological polar surface area (TPSA) is 15.3 Å². The summed E-state index contributed by atoms with van der Waals surface area (Å²) in [6.07, 6.45) is 1.88. The van der Waals surface area contributed by atoms with Gasteiger partial charge in [-0.05, 0) is 27.6 Å². The predicted molar refractivity (Wildman–Crippen MR) is 71.5 cm³/mol. The Hall–Kier alpha value is -0.710. The zero-order valence-corrected chi connectivity index (χ0v) is 11.2. The van der Waals surface area contributed by atoms with E-state index in [4.69, 9.17) is 0 Å². The molecule has 0 amide bonds. The molecule has 1 N–H and O–H groups in total. The quantitative estimate of drug-likeness (QED) is 0.863. The number of benzene rings is 1. The minimum Gasteiger partial charge on any atom is -0.314 e. The van der Waals surface area contributed by atoms with E-state index in [1.807, 2.05) is 12.1 Å². The van der Waals surface area contributed by atoms with Crippen LogP contribution in [0.3, 0.4) is 0 Å². The van der Waals surface area contributed by atoms with Gasteiger partial charge in [-0.15, -0.1) is 6.58 Å². The lowest BCUT2D eigenvalue weighted by Crippen LogP contribution is -2.44. The highest BCUT2D eigenvalue weighted by Gasteiger charge is 2.22. The molecule has 1 aliphatic rings. The first-order valence-corrected chi connectivity index (χ1v) is 6.54. The third-order valence-corrected chi connectivity index (χ3v) is 3.90. The van der Waals surface area contributed by atoms with Crippen LogP contribution < -0.4 is 5.32 Å². The number of hydrogen-bond acceptors (Lipinski definition) is 2. The molecule has 1 heterocycles. The summed E-state index contributed by atoms with van der Waals surface area (Å²) in [5, 5.41) is 3.31. The Bertz CT molecular complexity index is 402. The summed E-state index contributed by atoms with van der Waals surface area (Å²) >= 11 is 3.32. The molecule has 1 aromatic rings. The number of piperazine rings is 1. The number of nitrogens with one attached hydrogen (secondary N) is 1. The third-order valence-electron chi connectivity index (χ3n) is 3.07. The maximum absolute atomic E-state index is 13.5. The second-order valence-corrected chi connectivity index (χ2v) is 4.90. The van der Waals surface area contributed by atoms with Crippen LogP contribution in [0.4, 0.5) is 4.39 Å². The van der Waals surface area contributed by atoms with Crippen LogP contribution in [-0.4, -0.2) is 31.1 Å². The number of halogens is 2. The molecule has 0 unspecified atom stereocenters. The van der Waals surface area contributed by atoms with Crippen LogP contribution in [0.25, 0.3) is 0 Å². The molecule has 1 aromatic carbocycles. The summed E-state index contributed by atoms with van der Waals surface area (Å²) in [5.74, 6) is -0.218. The predicted octanol–water partition coefficient (Wildman–Crippen LogP) is 2.72. The van der Waals surface area contributed by atoms with Gasteiger partial charge in [-0.1, -0.05) is 18.2 Å². The molecular weight excluding hydrogens is 283 g/mol. The van der Waals surface area contributed by atoms with Gasteiger partial charge in [0.2, 0.25) is 0 Å². The standard InChI is InChI=1S/C13H16BrFN2/c1-2-12(17-8-6-16-7-9-17)10-4-3-5-11(15)13(10)14/h2-5,12,16H,1,6-9H2/t12-/m1/s1. The largest absolute Gasteiger partial charge is 0.314 e. The van der Waals surface area contributed by atoms with Gasteiger partial charge in [0.1, 0.15) is 5.82 Å². The van der Waals surface area contributed by atoms with Crippen molar-refractivity contribution in [1.29, 1.82) is 0 Å². The van der Waals surface area contributed by atoms with Crippen molar-refractivity contribution in [3.05, 3.63) is 46.7 Å². The Balaban J connectivity index is 2.27. The molecule has 1 fully saturated rings. The Morgan fingerprint density at radius 1 is 1.41 bits per heavy atom. The first-order chi connectivity index (χ1) is 8.24. The van der Waals surface area contributed by atoms with Crippen molar-refractivity contribution in [2.24, 2.45) is 0 Å². The van der Waals surface area contributed by atoms with Crippen LogP contribution in [0.15, 0.2) is 35.3 Å². The van der Waals surface area contributed by atoms with Crippen LogP contribution >= 0.6 is 15.9 Å². The fraction of sp³-hybridized carbons (Fsp3) is 0.385. The molecule has 0 aliphatic carbocycles. The van der Waals surface area contributed by atoms with Gasteiger partial charge < -0.3 is 5.32 Å². The van der Waals surface area contributed by atoms with Crippen LogP contribution in [0, 0.1) is 5.82 Å². The van der Waals surface area contributed by atoms with Crippen molar-refractivity contribution in [3.63, 3.8) is 0 Å². The molecule has 1 aliphatic heterocycles. The molecular formula is C13H16BrFN2. The van der Waals surface area contributed by atoms with Gasteiger partial charge in [0.25, 0.3) is 0 Å². The van der Waals surface area contributed by atoms with Crippen molar-refractivity contribution < 1.29 is 4.39 Å². The Morgan fingerprint density at radius 2 is 2.12 bits per heavy atom. The first kappa shape index (κ1) is 12.7. The molecule has 0 saturated carbocycles. The third kappa shape index (κ3) is 2.76. The second-order valence-electron chi connectivity index (χ2n) is 4.11. The fourth-order valence-electron chi connectivity index (χ4n) is 2.18. The Morgan fingerprint density at radius 3 is 2.76 bits per heavy atom. The molecule has 2 rings (SSSR count). The summed E-state index contributed by atoms with van der Waals surface area (Å²) in [7, 11) is 0. The summed E-state index contributed by atoms with van der Waals surface area (Å²) in [5.41, 5.74) is 0.946. The second kappa shape index (κ2) is 5.76. The highest BCUT2D eigenvalue weighted by molar-refractivity contribution is 9.10. The van der Waals surface area contributed by atoms with E-state index in [1.54, 1.807) is 6.07 Å². The summed E-state index contributed by atoms with van der Waals surface area (Å²) in [6.45, 7) is 7.73. The van der Waals surface area contributed by atoms with Crippen molar-refractivity contribution in [3.8, 4) is 0 Å². The number of hydrogen-bond donors (Lipinski definition) is 1. The molecule has 0 radical (unpaired) electrons. The van der Waals surface area contributed by atoms with Gasteiger partial charge in [0, 0.05) is 26.2 Å². The highest BCUT2D eigenvalue weighted by atomic mass is 79.9. The van der Waals surface area contributed by atoms with Gasteiger partial charge in [-0.3, -0.25) is 4.90 Å². The average Bonchev–Trinajstić information content (AvgIpc) is 2.37. The van der Waals surface area contributed by atoms with Crippen molar-refractivity contribution in [1.82, 2.24) is 10.2 Å². The lowest BCUT2D eigenvalue weighted by Gasteiger charge is -2.33. The summed E-state index contributed by atoms with van der Waals surface area (Å²) in [4.78, 5) is 2.31. The molecule has 17 heavy (non-hydrogen) atoms. The monoisotopic (exact) mass is 298 g/mol. The normalized spacial score (nSPS) is 18.9. The zero-order chi connectivity index (χ0) is 12.3. The summed E-state index contributed by atoms with van der Waals surface area (Å²) < 4.78 is 14.1. The SMILES string of the molecule is C=C[C@H](c1cccc(F)c1Br)N1CCNCC1. The van der Waals surface area contributed by atoms with E-state index in [0.29, 0.717) is 4.47 Å². The lowest BCUT2D eigenvalue weighted by atomic mass is 10.0. The molecule has 1 saturated heterocycles.